The van der Waals surface area contributed by atoms with Gasteiger partial charge >= 0.3 is 0 Å². The Hall–Kier alpha value is 0. The lowest BCUT2D eigenvalue weighted by Crippen LogP contribution is -2.25. The lowest BCUT2D eigenvalue weighted by Gasteiger charge is -2.37. The monoisotopic (exact) mass is 192 g/mol. The van der Waals surface area contributed by atoms with E-state index in [4.69, 9.17) is 0 Å². The molecule has 0 aromatic rings. The third kappa shape index (κ3) is 2.15. The van der Waals surface area contributed by atoms with E-state index in [1.807, 2.05) is 0 Å². The first-order chi connectivity index (χ1) is 6.73. The standard InChI is InChI=1S/C14H24/c1-14(6-7-14)10-13-8-12(9-13)5-4-11-2-3-11/h11-13H,2-10H2,1H3. The molecular weight excluding hydrogens is 168 g/mol. The molecule has 80 valence electrons. The van der Waals surface area contributed by atoms with E-state index < -0.39 is 0 Å². The van der Waals surface area contributed by atoms with Gasteiger partial charge in [-0.15, -0.1) is 0 Å². The highest BCUT2D eigenvalue weighted by molar-refractivity contribution is 4.93. The van der Waals surface area contributed by atoms with E-state index in [0.717, 1.165) is 23.2 Å². The molecule has 3 fully saturated rings. The smallest absolute Gasteiger partial charge is 0.0323 e. The second-order valence-electron chi connectivity index (χ2n) is 6.74. The van der Waals surface area contributed by atoms with Crippen LogP contribution in [0.3, 0.4) is 0 Å². The van der Waals surface area contributed by atoms with Crippen molar-refractivity contribution in [2.45, 2.75) is 64.7 Å². The minimum atomic E-state index is 0.812. The zero-order chi connectivity index (χ0) is 9.60. The van der Waals surface area contributed by atoms with Gasteiger partial charge in [-0.05, 0) is 55.3 Å². The number of hydrogen-bond donors (Lipinski definition) is 0. The molecular formula is C14H24. The third-order valence-electron chi connectivity index (χ3n) is 4.90. The van der Waals surface area contributed by atoms with E-state index in [-0.39, 0.29) is 0 Å². The van der Waals surface area contributed by atoms with Crippen molar-refractivity contribution < 1.29 is 0 Å². The van der Waals surface area contributed by atoms with Crippen LogP contribution in [-0.2, 0) is 0 Å². The summed E-state index contributed by atoms with van der Waals surface area (Å²) in [5, 5.41) is 0. The molecule has 0 unspecified atom stereocenters. The van der Waals surface area contributed by atoms with Crippen LogP contribution in [0.2, 0.25) is 0 Å². The third-order valence-corrected chi connectivity index (χ3v) is 4.90. The van der Waals surface area contributed by atoms with Crippen LogP contribution in [0.15, 0.2) is 0 Å². The van der Waals surface area contributed by atoms with Crippen molar-refractivity contribution in [3.63, 3.8) is 0 Å². The van der Waals surface area contributed by atoms with Crippen molar-refractivity contribution in [1.82, 2.24) is 0 Å². The molecule has 3 aliphatic rings. The van der Waals surface area contributed by atoms with E-state index in [2.05, 4.69) is 6.92 Å². The van der Waals surface area contributed by atoms with Crippen LogP contribution in [0.25, 0.3) is 0 Å². The molecule has 0 N–H and O–H groups in total. The highest BCUT2D eigenvalue weighted by atomic mass is 14.5. The number of hydrogen-bond acceptors (Lipinski definition) is 0. The zero-order valence-corrected chi connectivity index (χ0v) is 9.60. The normalized spacial score (nSPS) is 39.2. The van der Waals surface area contributed by atoms with Gasteiger partial charge in [0, 0.05) is 0 Å². The van der Waals surface area contributed by atoms with E-state index in [9.17, 15) is 0 Å². The molecule has 0 aromatic carbocycles. The molecule has 0 bridgehead atoms. The van der Waals surface area contributed by atoms with Gasteiger partial charge in [0.2, 0.25) is 0 Å². The van der Waals surface area contributed by atoms with Gasteiger partial charge in [0.25, 0.3) is 0 Å². The molecule has 14 heavy (non-hydrogen) atoms. The van der Waals surface area contributed by atoms with Gasteiger partial charge in [0.05, 0.1) is 0 Å². The lowest BCUT2D eigenvalue weighted by molar-refractivity contribution is 0.143. The van der Waals surface area contributed by atoms with Crippen molar-refractivity contribution in [2.75, 3.05) is 0 Å². The highest BCUT2D eigenvalue weighted by Crippen LogP contribution is 2.54. The fraction of sp³-hybridized carbons (Fsp3) is 1.00. The molecule has 0 radical (unpaired) electrons. The minimum absolute atomic E-state index is 0.812. The highest BCUT2D eigenvalue weighted by Gasteiger charge is 2.42. The predicted molar refractivity (Wildman–Crippen MR) is 60.1 cm³/mol. The SMILES string of the molecule is CC1(CC2CC(CCC3CC3)C2)CC1. The Bertz CT molecular complexity index is 204. The van der Waals surface area contributed by atoms with Crippen molar-refractivity contribution in [3.05, 3.63) is 0 Å². The molecule has 0 saturated heterocycles. The summed E-state index contributed by atoms with van der Waals surface area (Å²) in [6.07, 6.45) is 14.0. The fourth-order valence-electron chi connectivity index (χ4n) is 3.27. The molecule has 3 saturated carbocycles. The zero-order valence-electron chi connectivity index (χ0n) is 9.60. The van der Waals surface area contributed by atoms with Crippen LogP contribution < -0.4 is 0 Å². The fourth-order valence-corrected chi connectivity index (χ4v) is 3.27. The Kier molecular flexibility index (Phi) is 2.15. The first-order valence-electron chi connectivity index (χ1n) is 6.73. The first kappa shape index (κ1) is 9.24. The van der Waals surface area contributed by atoms with Crippen molar-refractivity contribution in [2.24, 2.45) is 23.2 Å². The Labute approximate surface area is 88.5 Å². The van der Waals surface area contributed by atoms with E-state index in [0.29, 0.717) is 0 Å². The largest absolute Gasteiger partial charge is 0.0596 e. The molecule has 0 spiro atoms. The first-order valence-corrected chi connectivity index (χ1v) is 6.73. The van der Waals surface area contributed by atoms with Crippen LogP contribution in [0.5, 0.6) is 0 Å². The summed E-state index contributed by atoms with van der Waals surface area (Å²) in [4.78, 5) is 0. The molecule has 0 atom stereocenters. The lowest BCUT2D eigenvalue weighted by atomic mass is 9.69. The van der Waals surface area contributed by atoms with Gasteiger partial charge in [0.15, 0.2) is 0 Å². The van der Waals surface area contributed by atoms with Gasteiger partial charge in [0.1, 0.15) is 0 Å². The Morgan fingerprint density at radius 2 is 1.57 bits per heavy atom. The minimum Gasteiger partial charge on any atom is -0.0596 e. The van der Waals surface area contributed by atoms with Crippen molar-refractivity contribution in [1.29, 1.82) is 0 Å². The predicted octanol–water partition coefficient (Wildman–Crippen LogP) is 4.39. The summed E-state index contributed by atoms with van der Waals surface area (Å²) in [5.41, 5.74) is 0.812. The van der Waals surface area contributed by atoms with Gasteiger partial charge in [-0.1, -0.05) is 32.6 Å². The van der Waals surface area contributed by atoms with Crippen LogP contribution in [-0.4, -0.2) is 0 Å². The Morgan fingerprint density at radius 1 is 0.929 bits per heavy atom. The summed E-state index contributed by atoms with van der Waals surface area (Å²) in [6, 6.07) is 0. The quantitative estimate of drug-likeness (QED) is 0.606. The molecule has 0 heterocycles. The molecule has 0 nitrogen and oxygen atoms in total. The maximum absolute atomic E-state index is 2.49. The van der Waals surface area contributed by atoms with Crippen LogP contribution in [0, 0.1) is 23.2 Å². The van der Waals surface area contributed by atoms with E-state index in [1.165, 1.54) is 12.8 Å². The molecule has 0 aliphatic heterocycles. The van der Waals surface area contributed by atoms with Crippen molar-refractivity contribution in [3.8, 4) is 0 Å². The summed E-state index contributed by atoms with van der Waals surface area (Å²) in [6.45, 7) is 2.49. The Morgan fingerprint density at radius 3 is 2.14 bits per heavy atom. The van der Waals surface area contributed by atoms with Crippen molar-refractivity contribution >= 4 is 0 Å². The van der Waals surface area contributed by atoms with Gasteiger partial charge in [-0.25, -0.2) is 0 Å². The summed E-state index contributed by atoms with van der Waals surface area (Å²) in [7, 11) is 0. The Balaban J connectivity index is 1.30. The number of rotatable bonds is 5. The molecule has 0 amide bonds. The van der Waals surface area contributed by atoms with Gasteiger partial charge < -0.3 is 0 Å². The van der Waals surface area contributed by atoms with Gasteiger partial charge in [-0.3, -0.25) is 0 Å². The summed E-state index contributed by atoms with van der Waals surface area (Å²) in [5.74, 6) is 3.43. The maximum atomic E-state index is 2.49. The summed E-state index contributed by atoms with van der Waals surface area (Å²) >= 11 is 0. The molecule has 0 aromatic heterocycles. The van der Waals surface area contributed by atoms with Crippen LogP contribution in [0.4, 0.5) is 0 Å². The molecule has 3 rings (SSSR count). The topological polar surface area (TPSA) is 0 Å². The average molecular weight is 192 g/mol. The van der Waals surface area contributed by atoms with Crippen LogP contribution >= 0.6 is 0 Å². The molecule has 3 aliphatic carbocycles. The second kappa shape index (κ2) is 3.25. The maximum Gasteiger partial charge on any atom is -0.0323 e. The second-order valence-corrected chi connectivity index (χ2v) is 6.74. The van der Waals surface area contributed by atoms with Crippen LogP contribution in [0.1, 0.15) is 64.7 Å². The molecule has 0 heteroatoms. The average Bonchev–Trinajstić information content (AvgIpc) is 2.93. The summed E-state index contributed by atoms with van der Waals surface area (Å²) < 4.78 is 0. The van der Waals surface area contributed by atoms with E-state index >= 15 is 0 Å². The van der Waals surface area contributed by atoms with E-state index in [1.54, 1.807) is 44.9 Å². The van der Waals surface area contributed by atoms with Gasteiger partial charge in [-0.2, -0.15) is 0 Å².